The van der Waals surface area contributed by atoms with Crippen LogP contribution in [-0.2, 0) is 36.6 Å². The molecular formula is C43H45N5O10S2. The Morgan fingerprint density at radius 2 is 1.65 bits per heavy atom. The molecule has 0 unspecified atom stereocenters. The van der Waals surface area contributed by atoms with Crippen LogP contribution in [0.3, 0.4) is 0 Å². The molecule has 0 aliphatic carbocycles. The SMILES string of the molecule is CCS(=O)(=O)Nc1ccc(Oc2cccc(OCCOC3CCN(c4ccc(C(=O)OC)nc4)CC3)c2)c(-c2cn(C)c(=O)c3c2ccn3S(=O)(=O)c2ccc(C)cc2)c1. The zero-order valence-electron chi connectivity index (χ0n) is 33.5. The first-order valence-electron chi connectivity index (χ1n) is 19.3. The lowest BCUT2D eigenvalue weighted by Crippen LogP contribution is -2.37. The molecule has 1 saturated heterocycles. The van der Waals surface area contributed by atoms with Crippen LogP contribution in [0.1, 0.15) is 35.8 Å². The molecule has 1 fully saturated rings. The molecule has 6 aromatic rings. The fraction of sp³-hybridized carbons (Fsp3) is 0.279. The quantitative estimate of drug-likeness (QED) is 0.0896. The number of carbonyl (C=O) groups excluding carboxylic acids is 1. The van der Waals surface area contributed by atoms with Gasteiger partial charge >= 0.3 is 5.97 Å². The average molecular weight is 856 g/mol. The number of hydrogen-bond acceptors (Lipinski definition) is 12. The van der Waals surface area contributed by atoms with E-state index >= 15 is 0 Å². The maximum Gasteiger partial charge on any atom is 0.356 e. The predicted molar refractivity (Wildman–Crippen MR) is 228 cm³/mol. The Morgan fingerprint density at radius 1 is 0.900 bits per heavy atom. The van der Waals surface area contributed by atoms with Crippen LogP contribution in [0.25, 0.3) is 22.0 Å². The van der Waals surface area contributed by atoms with Crippen molar-refractivity contribution in [1.82, 2.24) is 13.5 Å². The molecule has 0 atom stereocenters. The third-order valence-corrected chi connectivity index (χ3v) is 13.2. The Bertz CT molecular complexity index is 2800. The van der Waals surface area contributed by atoms with Crippen molar-refractivity contribution in [3.63, 3.8) is 0 Å². The fourth-order valence-electron chi connectivity index (χ4n) is 6.92. The number of carbonyl (C=O) groups is 1. The molecule has 7 rings (SSSR count). The maximum atomic E-state index is 13.9. The van der Waals surface area contributed by atoms with Crippen LogP contribution in [0.2, 0.25) is 0 Å². The number of esters is 1. The van der Waals surface area contributed by atoms with Crippen LogP contribution in [0, 0.1) is 6.92 Å². The van der Waals surface area contributed by atoms with Crippen molar-refractivity contribution in [1.29, 1.82) is 0 Å². The number of hydrogen-bond donors (Lipinski definition) is 1. The molecule has 0 spiro atoms. The summed E-state index contributed by atoms with van der Waals surface area (Å²) in [5.74, 6) is 0.628. The molecule has 60 heavy (non-hydrogen) atoms. The van der Waals surface area contributed by atoms with E-state index < -0.39 is 31.6 Å². The zero-order chi connectivity index (χ0) is 42.6. The molecule has 3 aromatic heterocycles. The van der Waals surface area contributed by atoms with Crippen LogP contribution in [0.5, 0.6) is 17.2 Å². The molecule has 0 amide bonds. The van der Waals surface area contributed by atoms with Crippen molar-refractivity contribution in [3.05, 3.63) is 125 Å². The zero-order valence-corrected chi connectivity index (χ0v) is 35.2. The highest BCUT2D eigenvalue weighted by molar-refractivity contribution is 7.92. The van der Waals surface area contributed by atoms with E-state index in [-0.39, 0.29) is 33.7 Å². The van der Waals surface area contributed by atoms with Gasteiger partial charge in [-0.05, 0) is 87.4 Å². The minimum atomic E-state index is -4.17. The molecule has 314 valence electrons. The Labute approximate surface area is 348 Å². The molecule has 17 heteroatoms. The smallest absolute Gasteiger partial charge is 0.356 e. The summed E-state index contributed by atoms with van der Waals surface area (Å²) in [7, 11) is -4.99. The van der Waals surface area contributed by atoms with Gasteiger partial charge < -0.3 is 28.4 Å². The van der Waals surface area contributed by atoms with Gasteiger partial charge in [-0.2, -0.15) is 0 Å². The molecule has 3 aromatic carbocycles. The van der Waals surface area contributed by atoms with E-state index in [1.54, 1.807) is 79.1 Å². The highest BCUT2D eigenvalue weighted by atomic mass is 32.2. The Hall–Kier alpha value is -6.17. The standard InChI is InChI=1S/C43H45N5O10S2/c1-5-59(51,52)45-30-11-16-40(37(25-30)38-28-46(3)42(49)41-36(38)19-22-48(41)60(53,54)35-13-9-29(2)10-14-35)58-34-8-6-7-33(26-34)57-24-23-56-32-17-20-47(21-18-32)31-12-15-39(44-27-31)43(50)55-4/h6-16,19,22,25-28,32,45H,5,17-18,20-21,23-24H2,1-4H3. The van der Waals surface area contributed by atoms with E-state index in [2.05, 4.69) is 14.6 Å². The number of nitrogens with one attached hydrogen (secondary N) is 1. The van der Waals surface area contributed by atoms with Crippen molar-refractivity contribution in [3.8, 4) is 28.4 Å². The molecule has 0 radical (unpaired) electrons. The Kier molecular flexibility index (Phi) is 12.3. The number of piperidine rings is 1. The van der Waals surface area contributed by atoms with Crippen LogP contribution in [-0.4, -0.2) is 81.6 Å². The molecule has 0 saturated carbocycles. The molecule has 15 nitrogen and oxygen atoms in total. The number of benzene rings is 3. The van der Waals surface area contributed by atoms with Crippen LogP contribution >= 0.6 is 0 Å². The summed E-state index contributed by atoms with van der Waals surface area (Å²) in [5, 5.41) is 0.322. The lowest BCUT2D eigenvalue weighted by Gasteiger charge is -2.33. The van der Waals surface area contributed by atoms with Crippen molar-refractivity contribution in [2.45, 2.75) is 37.7 Å². The summed E-state index contributed by atoms with van der Waals surface area (Å²) in [6.45, 7) is 5.59. The molecule has 1 aliphatic heterocycles. The van der Waals surface area contributed by atoms with Crippen molar-refractivity contribution < 1.29 is 40.6 Å². The monoisotopic (exact) mass is 855 g/mol. The van der Waals surface area contributed by atoms with Gasteiger partial charge in [0, 0.05) is 60.8 Å². The Morgan fingerprint density at radius 3 is 2.35 bits per heavy atom. The number of nitrogens with zero attached hydrogens (tertiary/aromatic N) is 4. The van der Waals surface area contributed by atoms with Gasteiger partial charge in [0.25, 0.3) is 15.6 Å². The van der Waals surface area contributed by atoms with Gasteiger partial charge in [-0.15, -0.1) is 0 Å². The summed E-state index contributed by atoms with van der Waals surface area (Å²) >= 11 is 0. The number of fused-ring (bicyclic) bond motifs is 1. The summed E-state index contributed by atoms with van der Waals surface area (Å²) in [6, 6.07) is 23.2. The van der Waals surface area contributed by atoms with Crippen LogP contribution in [0.15, 0.2) is 113 Å². The number of anilines is 2. The lowest BCUT2D eigenvalue weighted by atomic mass is 10.0. The molecule has 1 aliphatic rings. The number of pyridine rings is 2. The van der Waals surface area contributed by atoms with Gasteiger partial charge in [-0.3, -0.25) is 9.52 Å². The fourth-order valence-corrected chi connectivity index (χ4v) is 8.90. The largest absolute Gasteiger partial charge is 0.491 e. The Balaban J connectivity index is 1.08. The van der Waals surface area contributed by atoms with Crippen LogP contribution in [0.4, 0.5) is 11.4 Å². The minimum absolute atomic E-state index is 0.0208. The van der Waals surface area contributed by atoms with E-state index in [4.69, 9.17) is 18.9 Å². The van der Waals surface area contributed by atoms with Crippen LogP contribution < -0.4 is 24.7 Å². The van der Waals surface area contributed by atoms with Crippen molar-refractivity contribution in [2.24, 2.45) is 7.05 Å². The lowest BCUT2D eigenvalue weighted by molar-refractivity contribution is 0.0202. The predicted octanol–water partition coefficient (Wildman–Crippen LogP) is 6.35. The number of methoxy groups -OCH3 is 1. The number of sulfonamides is 1. The number of rotatable bonds is 15. The minimum Gasteiger partial charge on any atom is -0.491 e. The second kappa shape index (κ2) is 17.6. The van der Waals surface area contributed by atoms with Crippen molar-refractivity contribution >= 4 is 48.3 Å². The average Bonchev–Trinajstić information content (AvgIpc) is 3.71. The first-order valence-corrected chi connectivity index (χ1v) is 22.3. The maximum absolute atomic E-state index is 13.9. The number of ether oxygens (including phenoxy) is 4. The third-order valence-electron chi connectivity index (χ3n) is 10.2. The normalized spacial score (nSPS) is 13.6. The topological polar surface area (TPSA) is 177 Å². The highest BCUT2D eigenvalue weighted by Gasteiger charge is 2.25. The van der Waals surface area contributed by atoms with E-state index in [9.17, 15) is 26.4 Å². The summed E-state index contributed by atoms with van der Waals surface area (Å²) in [4.78, 5) is 31.8. The van der Waals surface area contributed by atoms with E-state index in [0.717, 1.165) is 41.2 Å². The summed E-state index contributed by atoms with van der Waals surface area (Å²) < 4.78 is 81.1. The molecule has 4 heterocycles. The molecule has 1 N–H and O–H groups in total. The number of aryl methyl sites for hydroxylation is 2. The van der Waals surface area contributed by atoms with E-state index in [1.165, 1.54) is 44.0 Å². The van der Waals surface area contributed by atoms with Gasteiger partial charge in [0.15, 0.2) is 0 Å². The first kappa shape index (κ1) is 42.0. The van der Waals surface area contributed by atoms with E-state index in [0.29, 0.717) is 47.0 Å². The van der Waals surface area contributed by atoms with Gasteiger partial charge in [0.1, 0.15) is 35.1 Å². The van der Waals surface area contributed by atoms with Crippen molar-refractivity contribution in [2.75, 3.05) is 48.8 Å². The molecule has 0 bridgehead atoms. The van der Waals surface area contributed by atoms with Gasteiger partial charge in [0.05, 0.1) is 42.4 Å². The highest BCUT2D eigenvalue weighted by Crippen LogP contribution is 2.40. The summed E-state index contributed by atoms with van der Waals surface area (Å²) in [5.41, 5.74) is 2.54. The summed E-state index contributed by atoms with van der Waals surface area (Å²) in [6.07, 6.45) is 6.29. The van der Waals surface area contributed by atoms with Gasteiger partial charge in [-0.1, -0.05) is 23.8 Å². The first-order chi connectivity index (χ1) is 28.8. The second-order valence-corrected chi connectivity index (χ2v) is 18.1. The molecular weight excluding hydrogens is 811 g/mol. The second-order valence-electron chi connectivity index (χ2n) is 14.2. The van der Waals surface area contributed by atoms with E-state index in [1.807, 2.05) is 13.0 Å². The third kappa shape index (κ3) is 9.17. The van der Waals surface area contributed by atoms with Gasteiger partial charge in [0.2, 0.25) is 10.0 Å². The van der Waals surface area contributed by atoms with Gasteiger partial charge in [-0.25, -0.2) is 30.6 Å². The number of aromatic nitrogens is 3.